The predicted molar refractivity (Wildman–Crippen MR) is 65.3 cm³/mol. The van der Waals surface area contributed by atoms with Crippen LogP contribution in [0.3, 0.4) is 0 Å². The van der Waals surface area contributed by atoms with Crippen LogP contribution in [0, 0.1) is 6.92 Å². The Morgan fingerprint density at radius 2 is 2.13 bits per heavy atom. The molecule has 2 aromatic rings. The molecule has 0 fully saturated rings. The van der Waals surface area contributed by atoms with E-state index >= 15 is 0 Å². The van der Waals surface area contributed by atoms with E-state index < -0.39 is 0 Å². The van der Waals surface area contributed by atoms with Crippen molar-refractivity contribution in [3.63, 3.8) is 0 Å². The molecule has 2 aromatic heterocycles. The van der Waals surface area contributed by atoms with E-state index in [-0.39, 0.29) is 0 Å². The molecule has 15 heavy (non-hydrogen) atoms. The zero-order chi connectivity index (χ0) is 10.7. The van der Waals surface area contributed by atoms with Crippen LogP contribution in [0.1, 0.15) is 17.6 Å². The maximum absolute atomic E-state index is 4.53. The summed E-state index contributed by atoms with van der Waals surface area (Å²) in [5.74, 6) is 0. The Kier molecular flexibility index (Phi) is 3.45. The first kappa shape index (κ1) is 10.7. The van der Waals surface area contributed by atoms with Gasteiger partial charge in [0.25, 0.3) is 0 Å². The van der Waals surface area contributed by atoms with Gasteiger partial charge in [-0.15, -0.1) is 22.7 Å². The SMILES string of the molecule is CCNCc1csc(-c2csc(C)n2)n1. The molecule has 3 nitrogen and oxygen atoms in total. The predicted octanol–water partition coefficient (Wildman–Crippen LogP) is 2.68. The van der Waals surface area contributed by atoms with E-state index in [1.807, 2.05) is 6.92 Å². The molecule has 0 amide bonds. The smallest absolute Gasteiger partial charge is 0.143 e. The summed E-state index contributed by atoms with van der Waals surface area (Å²) in [6, 6.07) is 0. The minimum Gasteiger partial charge on any atom is -0.311 e. The van der Waals surface area contributed by atoms with Crippen molar-refractivity contribution < 1.29 is 0 Å². The van der Waals surface area contributed by atoms with E-state index in [9.17, 15) is 0 Å². The molecule has 5 heteroatoms. The van der Waals surface area contributed by atoms with Crippen molar-refractivity contribution in [2.24, 2.45) is 0 Å². The Hall–Kier alpha value is -0.780. The van der Waals surface area contributed by atoms with E-state index in [1.165, 1.54) is 0 Å². The highest BCUT2D eigenvalue weighted by Crippen LogP contribution is 2.24. The molecule has 1 N–H and O–H groups in total. The minimum absolute atomic E-state index is 0.843. The van der Waals surface area contributed by atoms with Crippen molar-refractivity contribution in [1.29, 1.82) is 0 Å². The van der Waals surface area contributed by atoms with Gasteiger partial charge in [0.1, 0.15) is 10.7 Å². The quantitative estimate of drug-likeness (QED) is 0.891. The summed E-state index contributed by atoms with van der Waals surface area (Å²) >= 11 is 3.33. The number of hydrogen-bond donors (Lipinski definition) is 1. The molecule has 0 aromatic carbocycles. The van der Waals surface area contributed by atoms with Crippen molar-refractivity contribution >= 4 is 22.7 Å². The van der Waals surface area contributed by atoms with Crippen LogP contribution in [0.2, 0.25) is 0 Å². The topological polar surface area (TPSA) is 37.8 Å². The van der Waals surface area contributed by atoms with E-state index in [0.717, 1.165) is 34.5 Å². The maximum Gasteiger partial charge on any atom is 0.143 e. The minimum atomic E-state index is 0.843. The first-order valence-corrected chi connectivity index (χ1v) is 6.63. The van der Waals surface area contributed by atoms with E-state index in [2.05, 4.69) is 33.0 Å². The molecule has 2 rings (SSSR count). The molecule has 2 heterocycles. The van der Waals surface area contributed by atoms with Gasteiger partial charge in [0.2, 0.25) is 0 Å². The summed E-state index contributed by atoms with van der Waals surface area (Å²) in [5, 5.41) is 9.52. The van der Waals surface area contributed by atoms with E-state index in [4.69, 9.17) is 0 Å². The highest BCUT2D eigenvalue weighted by Gasteiger charge is 2.06. The number of thiazole rings is 2. The highest BCUT2D eigenvalue weighted by atomic mass is 32.1. The van der Waals surface area contributed by atoms with Crippen LogP contribution in [-0.4, -0.2) is 16.5 Å². The molecular formula is C10H13N3S2. The van der Waals surface area contributed by atoms with Gasteiger partial charge in [-0.05, 0) is 13.5 Å². The summed E-state index contributed by atoms with van der Waals surface area (Å²) in [6.07, 6.45) is 0. The van der Waals surface area contributed by atoms with Gasteiger partial charge < -0.3 is 5.32 Å². The summed E-state index contributed by atoms with van der Waals surface area (Å²) in [7, 11) is 0. The van der Waals surface area contributed by atoms with Crippen LogP contribution in [-0.2, 0) is 6.54 Å². The van der Waals surface area contributed by atoms with Gasteiger partial charge in [-0.1, -0.05) is 6.92 Å². The highest BCUT2D eigenvalue weighted by molar-refractivity contribution is 7.14. The first-order chi connectivity index (χ1) is 7.29. The molecule has 0 saturated heterocycles. The second kappa shape index (κ2) is 4.83. The lowest BCUT2D eigenvalue weighted by Crippen LogP contribution is -2.11. The average molecular weight is 239 g/mol. The van der Waals surface area contributed by atoms with Gasteiger partial charge in [-0.3, -0.25) is 0 Å². The van der Waals surface area contributed by atoms with Crippen molar-refractivity contribution in [1.82, 2.24) is 15.3 Å². The Morgan fingerprint density at radius 1 is 1.27 bits per heavy atom. The van der Waals surface area contributed by atoms with Crippen molar-refractivity contribution in [2.45, 2.75) is 20.4 Å². The second-order valence-electron chi connectivity index (χ2n) is 3.18. The van der Waals surface area contributed by atoms with Crippen molar-refractivity contribution in [3.05, 3.63) is 21.5 Å². The molecule has 0 aliphatic rings. The third kappa shape index (κ3) is 2.62. The Morgan fingerprint density at radius 3 is 2.80 bits per heavy atom. The summed E-state index contributed by atoms with van der Waals surface area (Å²) in [6.45, 7) is 5.93. The van der Waals surface area contributed by atoms with Crippen LogP contribution < -0.4 is 5.32 Å². The number of aromatic nitrogens is 2. The molecule has 0 aliphatic carbocycles. The van der Waals surface area contributed by atoms with Crippen LogP contribution in [0.15, 0.2) is 10.8 Å². The van der Waals surface area contributed by atoms with Gasteiger partial charge in [-0.25, -0.2) is 9.97 Å². The fourth-order valence-electron chi connectivity index (χ4n) is 1.22. The van der Waals surface area contributed by atoms with E-state index in [1.54, 1.807) is 22.7 Å². The molecule has 0 unspecified atom stereocenters. The molecule has 80 valence electrons. The lowest BCUT2D eigenvalue weighted by Gasteiger charge is -1.95. The average Bonchev–Trinajstić information content (AvgIpc) is 2.83. The van der Waals surface area contributed by atoms with Gasteiger partial charge in [0.05, 0.1) is 10.7 Å². The Labute approximate surface area is 97.2 Å². The Balaban J connectivity index is 2.13. The molecule has 0 aliphatic heterocycles. The molecular weight excluding hydrogens is 226 g/mol. The van der Waals surface area contributed by atoms with Crippen molar-refractivity contribution in [3.8, 4) is 10.7 Å². The number of nitrogens with zero attached hydrogens (tertiary/aromatic N) is 2. The summed E-state index contributed by atoms with van der Waals surface area (Å²) in [4.78, 5) is 8.95. The normalized spacial score (nSPS) is 10.8. The number of rotatable bonds is 4. The Bertz CT molecular complexity index is 433. The summed E-state index contributed by atoms with van der Waals surface area (Å²) in [5.41, 5.74) is 2.10. The standard InChI is InChI=1S/C10H13N3S2/c1-3-11-4-8-5-15-10(13-8)9-6-14-7(2)12-9/h5-6,11H,3-4H2,1-2H3. The zero-order valence-corrected chi connectivity index (χ0v) is 10.4. The van der Waals surface area contributed by atoms with Crippen LogP contribution >= 0.6 is 22.7 Å². The first-order valence-electron chi connectivity index (χ1n) is 4.87. The zero-order valence-electron chi connectivity index (χ0n) is 8.78. The molecule has 0 atom stereocenters. The van der Waals surface area contributed by atoms with Crippen molar-refractivity contribution in [2.75, 3.05) is 6.54 Å². The third-order valence-electron chi connectivity index (χ3n) is 1.95. The molecule has 0 saturated carbocycles. The van der Waals surface area contributed by atoms with Gasteiger partial charge in [-0.2, -0.15) is 0 Å². The maximum atomic E-state index is 4.53. The van der Waals surface area contributed by atoms with Crippen LogP contribution in [0.4, 0.5) is 0 Å². The monoisotopic (exact) mass is 239 g/mol. The third-order valence-corrected chi connectivity index (χ3v) is 3.63. The summed E-state index contributed by atoms with van der Waals surface area (Å²) < 4.78 is 0. The van der Waals surface area contributed by atoms with Gasteiger partial charge in [0.15, 0.2) is 0 Å². The van der Waals surface area contributed by atoms with Crippen LogP contribution in [0.5, 0.6) is 0 Å². The second-order valence-corrected chi connectivity index (χ2v) is 5.10. The fraction of sp³-hybridized carbons (Fsp3) is 0.400. The number of nitrogens with one attached hydrogen (secondary N) is 1. The van der Waals surface area contributed by atoms with E-state index in [0.29, 0.717) is 0 Å². The molecule has 0 bridgehead atoms. The van der Waals surface area contributed by atoms with Gasteiger partial charge >= 0.3 is 0 Å². The lowest BCUT2D eigenvalue weighted by molar-refractivity contribution is 0.715. The number of aryl methyl sites for hydroxylation is 1. The largest absolute Gasteiger partial charge is 0.311 e. The number of hydrogen-bond acceptors (Lipinski definition) is 5. The lowest BCUT2D eigenvalue weighted by atomic mass is 10.4. The van der Waals surface area contributed by atoms with Crippen LogP contribution in [0.25, 0.3) is 10.7 Å². The fourth-order valence-corrected chi connectivity index (χ4v) is 2.67. The molecule has 0 spiro atoms. The molecule has 0 radical (unpaired) electrons. The van der Waals surface area contributed by atoms with Gasteiger partial charge in [0, 0.05) is 17.3 Å².